The number of halogens is 1. The van der Waals surface area contributed by atoms with E-state index in [1.54, 1.807) is 12.1 Å². The van der Waals surface area contributed by atoms with Crippen LogP contribution in [-0.4, -0.2) is 12.0 Å². The lowest BCUT2D eigenvalue weighted by Gasteiger charge is -2.18. The Labute approximate surface area is 129 Å². The smallest absolute Gasteiger partial charge is 0.265 e. The number of amides is 1. The van der Waals surface area contributed by atoms with E-state index in [1.807, 2.05) is 50.2 Å². The minimum Gasteiger partial charge on any atom is -0.479 e. The highest BCUT2D eigenvalue weighted by Gasteiger charge is 2.19. The van der Waals surface area contributed by atoms with Crippen LogP contribution in [0.4, 0.5) is 5.69 Å². The Morgan fingerprint density at radius 2 is 2.00 bits per heavy atom. The number of anilines is 1. The van der Waals surface area contributed by atoms with Crippen molar-refractivity contribution in [3.63, 3.8) is 0 Å². The quantitative estimate of drug-likeness (QED) is 0.886. The Kier molecular flexibility index (Phi) is 5.23. The van der Waals surface area contributed by atoms with Crippen LogP contribution in [-0.2, 0) is 4.79 Å². The van der Waals surface area contributed by atoms with Gasteiger partial charge in [-0.05, 0) is 43.2 Å². The molecule has 110 valence electrons. The van der Waals surface area contributed by atoms with Crippen LogP contribution in [0.5, 0.6) is 5.75 Å². The first-order valence-corrected chi connectivity index (χ1v) is 7.26. The standard InChI is InChI=1S/C17H18ClNO2/c1-3-15(21-16-10-5-4-9-14(16)18)17(20)19-13-8-6-7-12(2)11-13/h4-11,15H,3H2,1-2H3,(H,19,20)/t15-/m1/s1. The number of aryl methyl sites for hydroxylation is 1. The molecule has 0 unspecified atom stereocenters. The van der Waals surface area contributed by atoms with Crippen molar-refractivity contribution in [2.75, 3.05) is 5.32 Å². The minimum atomic E-state index is -0.578. The predicted octanol–water partition coefficient (Wildman–Crippen LogP) is 4.44. The van der Waals surface area contributed by atoms with Crippen LogP contribution in [0.15, 0.2) is 48.5 Å². The van der Waals surface area contributed by atoms with Gasteiger partial charge in [0.15, 0.2) is 6.10 Å². The molecule has 1 atom stereocenters. The number of hydrogen-bond acceptors (Lipinski definition) is 2. The second kappa shape index (κ2) is 7.14. The van der Waals surface area contributed by atoms with Crippen LogP contribution in [0.1, 0.15) is 18.9 Å². The maximum Gasteiger partial charge on any atom is 0.265 e. The lowest BCUT2D eigenvalue weighted by Crippen LogP contribution is -2.32. The number of ether oxygens (including phenoxy) is 1. The Morgan fingerprint density at radius 3 is 2.67 bits per heavy atom. The van der Waals surface area contributed by atoms with Gasteiger partial charge in [0.2, 0.25) is 0 Å². The molecule has 1 amide bonds. The molecular formula is C17H18ClNO2. The highest BCUT2D eigenvalue weighted by molar-refractivity contribution is 6.32. The SMILES string of the molecule is CC[C@@H](Oc1ccccc1Cl)C(=O)Nc1cccc(C)c1. The van der Waals surface area contributed by atoms with E-state index in [2.05, 4.69) is 5.32 Å². The summed E-state index contributed by atoms with van der Waals surface area (Å²) in [7, 11) is 0. The number of para-hydroxylation sites is 1. The molecule has 0 aromatic heterocycles. The Bertz CT molecular complexity index is 628. The zero-order chi connectivity index (χ0) is 15.2. The molecule has 2 rings (SSSR count). The zero-order valence-electron chi connectivity index (χ0n) is 12.1. The third kappa shape index (κ3) is 4.23. The van der Waals surface area contributed by atoms with Crippen LogP contribution in [0.25, 0.3) is 0 Å². The van der Waals surface area contributed by atoms with E-state index in [-0.39, 0.29) is 5.91 Å². The van der Waals surface area contributed by atoms with Crippen molar-refractivity contribution < 1.29 is 9.53 Å². The van der Waals surface area contributed by atoms with Crippen molar-refractivity contribution >= 4 is 23.2 Å². The fourth-order valence-corrected chi connectivity index (χ4v) is 2.14. The monoisotopic (exact) mass is 303 g/mol. The highest BCUT2D eigenvalue weighted by atomic mass is 35.5. The summed E-state index contributed by atoms with van der Waals surface area (Å²) in [6, 6.07) is 14.8. The summed E-state index contributed by atoms with van der Waals surface area (Å²) in [6.45, 7) is 3.88. The number of nitrogens with one attached hydrogen (secondary N) is 1. The zero-order valence-corrected chi connectivity index (χ0v) is 12.9. The number of rotatable bonds is 5. The largest absolute Gasteiger partial charge is 0.479 e. The third-order valence-corrected chi connectivity index (χ3v) is 3.37. The molecular weight excluding hydrogens is 286 g/mol. The van der Waals surface area contributed by atoms with Crippen molar-refractivity contribution in [3.8, 4) is 5.75 Å². The summed E-state index contributed by atoms with van der Waals surface area (Å²) in [4.78, 5) is 12.3. The Hall–Kier alpha value is -2.00. The number of carbonyl (C=O) groups excluding carboxylic acids is 1. The predicted molar refractivity (Wildman–Crippen MR) is 86.0 cm³/mol. The molecule has 0 saturated carbocycles. The van der Waals surface area contributed by atoms with Gasteiger partial charge in [-0.2, -0.15) is 0 Å². The summed E-state index contributed by atoms with van der Waals surface area (Å²) in [5.41, 5.74) is 1.86. The van der Waals surface area contributed by atoms with Crippen LogP contribution in [0, 0.1) is 6.92 Å². The molecule has 2 aromatic carbocycles. The highest BCUT2D eigenvalue weighted by Crippen LogP contribution is 2.25. The lowest BCUT2D eigenvalue weighted by atomic mass is 10.2. The van der Waals surface area contributed by atoms with Gasteiger partial charge in [-0.1, -0.05) is 42.8 Å². The summed E-state index contributed by atoms with van der Waals surface area (Å²) in [5, 5.41) is 3.37. The van der Waals surface area contributed by atoms with Crippen LogP contribution in [0.2, 0.25) is 5.02 Å². The maximum atomic E-state index is 12.3. The average molecular weight is 304 g/mol. The molecule has 21 heavy (non-hydrogen) atoms. The summed E-state index contributed by atoms with van der Waals surface area (Å²) >= 11 is 6.05. The first-order valence-electron chi connectivity index (χ1n) is 6.89. The van der Waals surface area contributed by atoms with E-state index >= 15 is 0 Å². The molecule has 0 aliphatic rings. The molecule has 2 aromatic rings. The van der Waals surface area contributed by atoms with Crippen LogP contribution < -0.4 is 10.1 Å². The molecule has 3 nitrogen and oxygen atoms in total. The van der Waals surface area contributed by atoms with Crippen LogP contribution >= 0.6 is 11.6 Å². The third-order valence-electron chi connectivity index (χ3n) is 3.05. The Morgan fingerprint density at radius 1 is 1.24 bits per heavy atom. The summed E-state index contributed by atoms with van der Waals surface area (Å²) < 4.78 is 5.71. The van der Waals surface area contributed by atoms with E-state index in [1.165, 1.54) is 0 Å². The normalized spacial score (nSPS) is 11.8. The van der Waals surface area contributed by atoms with E-state index in [0.717, 1.165) is 11.3 Å². The van der Waals surface area contributed by atoms with Gasteiger partial charge in [0.25, 0.3) is 5.91 Å². The molecule has 0 aliphatic carbocycles. The van der Waals surface area contributed by atoms with Crippen molar-refractivity contribution in [2.24, 2.45) is 0 Å². The molecule has 0 spiro atoms. The van der Waals surface area contributed by atoms with Gasteiger partial charge in [-0.3, -0.25) is 4.79 Å². The second-order valence-corrected chi connectivity index (χ2v) is 5.21. The van der Waals surface area contributed by atoms with Gasteiger partial charge in [0, 0.05) is 5.69 Å². The molecule has 0 fully saturated rings. The number of benzene rings is 2. The topological polar surface area (TPSA) is 38.3 Å². The van der Waals surface area contributed by atoms with E-state index in [0.29, 0.717) is 17.2 Å². The molecule has 0 heterocycles. The Balaban J connectivity index is 2.07. The van der Waals surface area contributed by atoms with E-state index in [4.69, 9.17) is 16.3 Å². The van der Waals surface area contributed by atoms with Gasteiger partial charge in [0.05, 0.1) is 5.02 Å². The van der Waals surface area contributed by atoms with Gasteiger partial charge in [-0.25, -0.2) is 0 Å². The van der Waals surface area contributed by atoms with Crippen molar-refractivity contribution in [2.45, 2.75) is 26.4 Å². The minimum absolute atomic E-state index is 0.178. The molecule has 4 heteroatoms. The van der Waals surface area contributed by atoms with Crippen LogP contribution in [0.3, 0.4) is 0 Å². The van der Waals surface area contributed by atoms with Gasteiger partial charge < -0.3 is 10.1 Å². The molecule has 0 radical (unpaired) electrons. The fourth-order valence-electron chi connectivity index (χ4n) is 1.96. The lowest BCUT2D eigenvalue weighted by molar-refractivity contribution is -0.122. The second-order valence-electron chi connectivity index (χ2n) is 4.80. The summed E-state index contributed by atoms with van der Waals surface area (Å²) in [5.74, 6) is 0.341. The van der Waals surface area contributed by atoms with Gasteiger partial charge in [0.1, 0.15) is 5.75 Å². The van der Waals surface area contributed by atoms with Crippen molar-refractivity contribution in [3.05, 3.63) is 59.1 Å². The van der Waals surface area contributed by atoms with E-state index < -0.39 is 6.10 Å². The van der Waals surface area contributed by atoms with E-state index in [9.17, 15) is 4.79 Å². The number of hydrogen-bond donors (Lipinski definition) is 1. The number of carbonyl (C=O) groups is 1. The molecule has 1 N–H and O–H groups in total. The first kappa shape index (κ1) is 15.4. The average Bonchev–Trinajstić information content (AvgIpc) is 2.46. The maximum absolute atomic E-state index is 12.3. The summed E-state index contributed by atoms with van der Waals surface area (Å²) in [6.07, 6.45) is -0.0199. The molecule has 0 saturated heterocycles. The van der Waals surface area contributed by atoms with Gasteiger partial charge >= 0.3 is 0 Å². The molecule has 0 bridgehead atoms. The van der Waals surface area contributed by atoms with Gasteiger partial charge in [-0.15, -0.1) is 0 Å². The van der Waals surface area contributed by atoms with Crippen molar-refractivity contribution in [1.82, 2.24) is 0 Å². The van der Waals surface area contributed by atoms with Crippen molar-refractivity contribution in [1.29, 1.82) is 0 Å². The molecule has 0 aliphatic heterocycles. The first-order chi connectivity index (χ1) is 10.1. The fraction of sp³-hybridized carbons (Fsp3) is 0.235.